The Morgan fingerprint density at radius 1 is 1.44 bits per heavy atom. The number of rotatable bonds is 6. The Morgan fingerprint density at radius 3 is 3.00 bits per heavy atom. The summed E-state index contributed by atoms with van der Waals surface area (Å²) in [5.41, 5.74) is 0. The van der Waals surface area contributed by atoms with Crippen LogP contribution in [0.1, 0.15) is 10.6 Å². The normalized spacial score (nSPS) is 10.8. The highest BCUT2D eigenvalue weighted by Crippen LogP contribution is 2.07. The van der Waals surface area contributed by atoms with Gasteiger partial charge in [0.15, 0.2) is 0 Å². The van der Waals surface area contributed by atoms with Crippen LogP contribution in [0.3, 0.4) is 0 Å². The van der Waals surface area contributed by atoms with Gasteiger partial charge in [0.2, 0.25) is 5.91 Å². The Labute approximate surface area is 110 Å². The van der Waals surface area contributed by atoms with Crippen molar-refractivity contribution in [1.29, 1.82) is 0 Å². The maximum Gasteiger partial charge on any atom is 0.234 e. The van der Waals surface area contributed by atoms with E-state index in [1.54, 1.807) is 17.6 Å². The Morgan fingerprint density at radius 2 is 2.33 bits per heavy atom. The monoisotopic (exact) mass is 264 g/mol. The number of likely N-dealkylation sites (N-methyl/N-ethyl adjacent to an activating group) is 1. The van der Waals surface area contributed by atoms with E-state index in [1.165, 1.54) is 0 Å². The van der Waals surface area contributed by atoms with Crippen molar-refractivity contribution >= 4 is 17.2 Å². The minimum absolute atomic E-state index is 0.0254. The molecule has 0 spiro atoms. The van der Waals surface area contributed by atoms with Crippen LogP contribution in [0.25, 0.3) is 0 Å². The Balaban J connectivity index is 1.70. The summed E-state index contributed by atoms with van der Waals surface area (Å²) in [6.45, 7) is 1.61. The molecular formula is C13H16N2O2S. The first-order chi connectivity index (χ1) is 8.74. The van der Waals surface area contributed by atoms with E-state index in [0.29, 0.717) is 19.6 Å². The van der Waals surface area contributed by atoms with Crippen LogP contribution in [0.15, 0.2) is 40.3 Å². The zero-order valence-electron chi connectivity index (χ0n) is 10.3. The lowest BCUT2D eigenvalue weighted by molar-refractivity contribution is -0.122. The maximum atomic E-state index is 11.7. The zero-order valence-corrected chi connectivity index (χ0v) is 11.1. The topological polar surface area (TPSA) is 45.5 Å². The summed E-state index contributed by atoms with van der Waals surface area (Å²) >= 11 is 1.64. The number of hydrogen-bond donors (Lipinski definition) is 1. The van der Waals surface area contributed by atoms with E-state index in [2.05, 4.69) is 5.32 Å². The van der Waals surface area contributed by atoms with Gasteiger partial charge in [-0.05, 0) is 30.6 Å². The van der Waals surface area contributed by atoms with E-state index in [4.69, 9.17) is 4.42 Å². The number of furan rings is 1. The van der Waals surface area contributed by atoms with Gasteiger partial charge < -0.3 is 9.73 Å². The van der Waals surface area contributed by atoms with Crippen LogP contribution in [0.2, 0.25) is 0 Å². The highest BCUT2D eigenvalue weighted by molar-refractivity contribution is 7.09. The van der Waals surface area contributed by atoms with Crippen LogP contribution >= 0.6 is 11.3 Å². The molecule has 0 aliphatic rings. The average Bonchev–Trinajstić information content (AvgIpc) is 2.98. The number of thiophene rings is 1. The van der Waals surface area contributed by atoms with Crippen LogP contribution in [-0.4, -0.2) is 24.4 Å². The first kappa shape index (κ1) is 12.9. The lowest BCUT2D eigenvalue weighted by atomic mass is 10.4. The van der Waals surface area contributed by atoms with E-state index >= 15 is 0 Å². The number of carbonyl (C=O) groups excluding carboxylic acids is 1. The third kappa shape index (κ3) is 4.01. The molecule has 0 atom stereocenters. The van der Waals surface area contributed by atoms with Gasteiger partial charge in [-0.25, -0.2) is 0 Å². The van der Waals surface area contributed by atoms with Gasteiger partial charge in [0, 0.05) is 4.88 Å². The minimum atomic E-state index is 0.0254. The lowest BCUT2D eigenvalue weighted by Gasteiger charge is -2.14. The average molecular weight is 264 g/mol. The Bertz CT molecular complexity index is 465. The first-order valence-electron chi connectivity index (χ1n) is 5.74. The van der Waals surface area contributed by atoms with E-state index < -0.39 is 0 Å². The van der Waals surface area contributed by atoms with Crippen LogP contribution in [-0.2, 0) is 17.9 Å². The van der Waals surface area contributed by atoms with Crippen molar-refractivity contribution < 1.29 is 9.21 Å². The largest absolute Gasteiger partial charge is 0.468 e. The molecule has 4 nitrogen and oxygen atoms in total. The predicted octanol–water partition coefficient (Wildman–Crippen LogP) is 2.09. The third-order valence-electron chi connectivity index (χ3n) is 2.46. The van der Waals surface area contributed by atoms with Gasteiger partial charge in [-0.15, -0.1) is 11.3 Å². The molecule has 0 bridgehead atoms. The SMILES string of the molecule is CN(CC(=O)NCc1cccs1)Cc1ccco1. The van der Waals surface area contributed by atoms with Crippen LogP contribution in [0.5, 0.6) is 0 Å². The van der Waals surface area contributed by atoms with E-state index in [9.17, 15) is 4.79 Å². The maximum absolute atomic E-state index is 11.7. The van der Waals surface area contributed by atoms with E-state index in [-0.39, 0.29) is 5.91 Å². The molecule has 1 amide bonds. The van der Waals surface area contributed by atoms with Gasteiger partial charge in [-0.2, -0.15) is 0 Å². The summed E-state index contributed by atoms with van der Waals surface area (Å²) in [5.74, 6) is 0.890. The van der Waals surface area contributed by atoms with Crippen LogP contribution in [0.4, 0.5) is 0 Å². The molecule has 96 valence electrons. The highest BCUT2D eigenvalue weighted by atomic mass is 32.1. The second-order valence-corrected chi connectivity index (χ2v) is 5.14. The Kier molecular flexibility index (Phi) is 4.55. The molecule has 2 rings (SSSR count). The molecule has 0 unspecified atom stereocenters. The smallest absolute Gasteiger partial charge is 0.234 e. The minimum Gasteiger partial charge on any atom is -0.468 e. The number of nitrogens with zero attached hydrogens (tertiary/aromatic N) is 1. The fourth-order valence-corrected chi connectivity index (χ4v) is 2.27. The van der Waals surface area contributed by atoms with Gasteiger partial charge >= 0.3 is 0 Å². The quantitative estimate of drug-likeness (QED) is 0.869. The lowest BCUT2D eigenvalue weighted by Crippen LogP contribution is -2.34. The van der Waals surface area contributed by atoms with Crippen molar-refractivity contribution in [2.45, 2.75) is 13.1 Å². The molecule has 0 aliphatic carbocycles. The van der Waals surface area contributed by atoms with Gasteiger partial charge in [0.1, 0.15) is 5.76 Å². The summed E-state index contributed by atoms with van der Waals surface area (Å²) in [6, 6.07) is 7.74. The number of nitrogens with one attached hydrogen (secondary N) is 1. The first-order valence-corrected chi connectivity index (χ1v) is 6.62. The third-order valence-corrected chi connectivity index (χ3v) is 3.34. The molecule has 0 saturated heterocycles. The number of amides is 1. The van der Waals surface area contributed by atoms with Crippen molar-refractivity contribution in [3.63, 3.8) is 0 Å². The van der Waals surface area contributed by atoms with Crippen molar-refractivity contribution in [3.05, 3.63) is 46.5 Å². The van der Waals surface area contributed by atoms with Crippen molar-refractivity contribution in [3.8, 4) is 0 Å². The molecule has 2 aromatic rings. The zero-order chi connectivity index (χ0) is 12.8. The van der Waals surface area contributed by atoms with Gasteiger partial charge in [0.25, 0.3) is 0 Å². The molecular weight excluding hydrogens is 248 g/mol. The summed E-state index contributed by atoms with van der Waals surface area (Å²) in [5, 5.41) is 4.90. The van der Waals surface area contributed by atoms with Crippen molar-refractivity contribution in [2.75, 3.05) is 13.6 Å². The highest BCUT2D eigenvalue weighted by Gasteiger charge is 2.08. The van der Waals surface area contributed by atoms with Gasteiger partial charge in [-0.1, -0.05) is 6.07 Å². The van der Waals surface area contributed by atoms with E-state index in [0.717, 1.165) is 10.6 Å². The Hall–Kier alpha value is -1.59. The predicted molar refractivity (Wildman–Crippen MR) is 71.2 cm³/mol. The molecule has 0 aromatic carbocycles. The van der Waals surface area contributed by atoms with Crippen molar-refractivity contribution in [2.24, 2.45) is 0 Å². The summed E-state index contributed by atoms with van der Waals surface area (Å²) in [6.07, 6.45) is 1.64. The van der Waals surface area contributed by atoms with Crippen LogP contribution in [0, 0.1) is 0 Å². The second-order valence-electron chi connectivity index (χ2n) is 4.11. The fraction of sp³-hybridized carbons (Fsp3) is 0.308. The molecule has 0 aliphatic heterocycles. The molecule has 1 N–H and O–H groups in total. The number of carbonyl (C=O) groups is 1. The molecule has 2 aromatic heterocycles. The molecule has 18 heavy (non-hydrogen) atoms. The second kappa shape index (κ2) is 6.37. The summed E-state index contributed by atoms with van der Waals surface area (Å²) in [7, 11) is 1.90. The molecule has 5 heteroatoms. The molecule has 2 heterocycles. The van der Waals surface area contributed by atoms with Gasteiger partial charge in [-0.3, -0.25) is 9.69 Å². The molecule has 0 fully saturated rings. The number of hydrogen-bond acceptors (Lipinski definition) is 4. The summed E-state index contributed by atoms with van der Waals surface area (Å²) < 4.78 is 5.23. The fourth-order valence-electron chi connectivity index (χ4n) is 1.62. The molecule has 0 saturated carbocycles. The van der Waals surface area contributed by atoms with E-state index in [1.807, 2.05) is 41.6 Å². The molecule has 0 radical (unpaired) electrons. The standard InChI is InChI=1S/C13H16N2O2S/c1-15(9-11-4-2-6-17-11)10-13(16)14-8-12-5-3-7-18-12/h2-7H,8-10H2,1H3,(H,14,16). The van der Waals surface area contributed by atoms with Crippen molar-refractivity contribution in [1.82, 2.24) is 10.2 Å². The summed E-state index contributed by atoms with van der Waals surface area (Å²) in [4.78, 5) is 14.8. The van der Waals surface area contributed by atoms with Crippen LogP contribution < -0.4 is 5.32 Å². The van der Waals surface area contributed by atoms with Gasteiger partial charge in [0.05, 0.1) is 25.9 Å².